The average Bonchev–Trinajstić information content (AvgIpc) is 2.29. The third-order valence-electron chi connectivity index (χ3n) is 2.50. The molecule has 0 spiro atoms. The maximum Gasteiger partial charge on any atom is 0.160 e. The fourth-order valence-electron chi connectivity index (χ4n) is 1.54. The van der Waals surface area contributed by atoms with Gasteiger partial charge in [-0.05, 0) is 30.2 Å². The predicted molar refractivity (Wildman–Crippen MR) is 71.0 cm³/mol. The maximum atomic E-state index is 6.14. The molecule has 1 aromatic carbocycles. The second-order valence-corrected chi connectivity index (χ2v) is 4.61. The molecule has 2 rings (SSSR count). The molecule has 0 amide bonds. The van der Waals surface area contributed by atoms with Crippen molar-refractivity contribution in [1.82, 2.24) is 9.97 Å². The normalized spacial score (nSPS) is 10.8. The molecule has 4 heteroatoms. The minimum atomic E-state index is 0.365. The average molecular weight is 248 g/mol. The van der Waals surface area contributed by atoms with Gasteiger partial charge in [0.1, 0.15) is 0 Å². The Morgan fingerprint density at radius 2 is 2.00 bits per heavy atom. The quantitative estimate of drug-likeness (QED) is 0.827. The molecular formula is C13H14ClN3. The van der Waals surface area contributed by atoms with Crippen LogP contribution in [0.15, 0.2) is 30.5 Å². The lowest BCUT2D eigenvalue weighted by Gasteiger charge is -2.07. The van der Waals surface area contributed by atoms with Crippen LogP contribution >= 0.6 is 11.6 Å². The van der Waals surface area contributed by atoms with Crippen LogP contribution in [0.25, 0.3) is 11.4 Å². The van der Waals surface area contributed by atoms with Crippen molar-refractivity contribution in [1.29, 1.82) is 0 Å². The van der Waals surface area contributed by atoms with Gasteiger partial charge in [-0.25, -0.2) is 9.97 Å². The van der Waals surface area contributed by atoms with Gasteiger partial charge in [0, 0.05) is 23.1 Å². The van der Waals surface area contributed by atoms with Crippen molar-refractivity contribution in [3.05, 3.63) is 41.2 Å². The first-order valence-corrected chi connectivity index (χ1v) is 5.84. The van der Waals surface area contributed by atoms with Gasteiger partial charge < -0.3 is 5.73 Å². The summed E-state index contributed by atoms with van der Waals surface area (Å²) in [5, 5.41) is 0.575. The number of benzene rings is 1. The molecule has 2 aromatic rings. The molecule has 2 N–H and O–H groups in total. The molecule has 0 aliphatic rings. The molecular weight excluding hydrogens is 234 g/mol. The number of hydrogen-bond acceptors (Lipinski definition) is 3. The van der Waals surface area contributed by atoms with E-state index in [-0.39, 0.29) is 0 Å². The van der Waals surface area contributed by atoms with Crippen LogP contribution < -0.4 is 5.73 Å². The van der Waals surface area contributed by atoms with Gasteiger partial charge in [0.05, 0.1) is 5.02 Å². The second-order valence-electron chi connectivity index (χ2n) is 4.20. The van der Waals surface area contributed by atoms with Gasteiger partial charge in [-0.15, -0.1) is 0 Å². The van der Waals surface area contributed by atoms with Gasteiger partial charge >= 0.3 is 0 Å². The molecule has 0 bridgehead atoms. The molecule has 0 atom stereocenters. The zero-order chi connectivity index (χ0) is 12.4. The van der Waals surface area contributed by atoms with E-state index < -0.39 is 0 Å². The van der Waals surface area contributed by atoms with Crippen molar-refractivity contribution >= 4 is 17.3 Å². The molecule has 0 aliphatic heterocycles. The molecule has 0 unspecified atom stereocenters. The summed E-state index contributed by atoms with van der Waals surface area (Å²) >= 11 is 6.14. The molecule has 0 fully saturated rings. The zero-order valence-electron chi connectivity index (χ0n) is 9.81. The smallest absolute Gasteiger partial charge is 0.160 e. The fourth-order valence-corrected chi connectivity index (χ4v) is 1.81. The highest BCUT2D eigenvalue weighted by molar-refractivity contribution is 6.33. The van der Waals surface area contributed by atoms with E-state index >= 15 is 0 Å². The molecule has 1 heterocycles. The lowest BCUT2D eigenvalue weighted by molar-refractivity contribution is 0.817. The van der Waals surface area contributed by atoms with Crippen molar-refractivity contribution in [2.75, 3.05) is 5.73 Å². The van der Waals surface area contributed by atoms with E-state index in [1.54, 1.807) is 18.3 Å². The summed E-state index contributed by atoms with van der Waals surface area (Å²) in [6.07, 6.45) is 1.75. The number of nitrogens with zero attached hydrogens (tertiary/aromatic N) is 2. The largest absolute Gasteiger partial charge is 0.399 e. The third-order valence-corrected chi connectivity index (χ3v) is 2.82. The summed E-state index contributed by atoms with van der Waals surface area (Å²) in [5.74, 6) is 1.01. The number of hydrogen-bond donors (Lipinski definition) is 1. The van der Waals surface area contributed by atoms with Gasteiger partial charge in [-0.3, -0.25) is 0 Å². The maximum absolute atomic E-state index is 6.14. The Hall–Kier alpha value is -1.61. The number of rotatable bonds is 2. The van der Waals surface area contributed by atoms with E-state index in [2.05, 4.69) is 23.8 Å². The highest BCUT2D eigenvalue weighted by Crippen LogP contribution is 2.27. The first-order valence-electron chi connectivity index (χ1n) is 5.46. The number of nitrogen functional groups attached to an aromatic ring is 1. The summed E-state index contributed by atoms with van der Waals surface area (Å²) in [6.45, 7) is 4.19. The van der Waals surface area contributed by atoms with Crippen LogP contribution in [0.5, 0.6) is 0 Å². The summed E-state index contributed by atoms with van der Waals surface area (Å²) in [6, 6.07) is 7.27. The number of halogens is 1. The highest BCUT2D eigenvalue weighted by atomic mass is 35.5. The lowest BCUT2D eigenvalue weighted by atomic mass is 10.1. The van der Waals surface area contributed by atoms with E-state index in [1.807, 2.05) is 12.1 Å². The Kier molecular flexibility index (Phi) is 3.29. The molecule has 3 nitrogen and oxygen atoms in total. The number of nitrogens with two attached hydrogens (primary N) is 1. The topological polar surface area (TPSA) is 51.8 Å². The molecule has 0 radical (unpaired) electrons. The van der Waals surface area contributed by atoms with E-state index in [0.29, 0.717) is 22.5 Å². The summed E-state index contributed by atoms with van der Waals surface area (Å²) in [7, 11) is 0. The summed E-state index contributed by atoms with van der Waals surface area (Å²) in [4.78, 5) is 8.74. The Balaban J connectivity index is 2.49. The lowest BCUT2D eigenvalue weighted by Crippen LogP contribution is -1.97. The highest BCUT2D eigenvalue weighted by Gasteiger charge is 2.09. The van der Waals surface area contributed by atoms with Gasteiger partial charge in [0.15, 0.2) is 5.82 Å². The minimum Gasteiger partial charge on any atom is -0.399 e. The van der Waals surface area contributed by atoms with Gasteiger partial charge in [-0.1, -0.05) is 25.4 Å². The van der Waals surface area contributed by atoms with Crippen LogP contribution in [0, 0.1) is 0 Å². The predicted octanol–water partition coefficient (Wildman–Crippen LogP) is 3.50. The minimum absolute atomic E-state index is 0.365. The fraction of sp³-hybridized carbons (Fsp3) is 0.231. The van der Waals surface area contributed by atoms with Crippen LogP contribution in [-0.2, 0) is 0 Å². The van der Waals surface area contributed by atoms with E-state index in [9.17, 15) is 0 Å². The molecule has 17 heavy (non-hydrogen) atoms. The molecule has 0 aliphatic carbocycles. The van der Waals surface area contributed by atoms with Gasteiger partial charge in [-0.2, -0.15) is 0 Å². The number of aromatic nitrogens is 2. The van der Waals surface area contributed by atoms with Crippen LogP contribution in [0.2, 0.25) is 5.02 Å². The van der Waals surface area contributed by atoms with Crippen LogP contribution in [0.1, 0.15) is 25.5 Å². The first kappa shape index (κ1) is 11.9. The molecule has 88 valence electrons. The molecule has 0 saturated heterocycles. The monoisotopic (exact) mass is 247 g/mol. The standard InChI is InChI=1S/C13H14ClN3/c1-8(2)12-5-6-16-13(17-12)10-4-3-9(15)7-11(10)14/h3-8H,15H2,1-2H3. The summed E-state index contributed by atoms with van der Waals surface area (Å²) < 4.78 is 0. The Morgan fingerprint density at radius 3 is 2.65 bits per heavy atom. The Bertz CT molecular complexity index is 538. The second kappa shape index (κ2) is 4.72. The zero-order valence-corrected chi connectivity index (χ0v) is 10.6. The van der Waals surface area contributed by atoms with Crippen LogP contribution in [0.3, 0.4) is 0 Å². The van der Waals surface area contributed by atoms with E-state index in [1.165, 1.54) is 0 Å². The van der Waals surface area contributed by atoms with Gasteiger partial charge in [0.2, 0.25) is 0 Å². The Labute approximate surface area is 106 Å². The molecule has 0 saturated carbocycles. The molecule has 1 aromatic heterocycles. The van der Waals surface area contributed by atoms with Crippen molar-refractivity contribution in [2.45, 2.75) is 19.8 Å². The van der Waals surface area contributed by atoms with Crippen LogP contribution in [0.4, 0.5) is 5.69 Å². The van der Waals surface area contributed by atoms with Crippen molar-refractivity contribution in [3.8, 4) is 11.4 Å². The van der Waals surface area contributed by atoms with Crippen molar-refractivity contribution in [2.24, 2.45) is 0 Å². The van der Waals surface area contributed by atoms with Crippen molar-refractivity contribution in [3.63, 3.8) is 0 Å². The Morgan fingerprint density at radius 1 is 1.24 bits per heavy atom. The van der Waals surface area contributed by atoms with Gasteiger partial charge in [0.25, 0.3) is 0 Å². The summed E-state index contributed by atoms with van der Waals surface area (Å²) in [5.41, 5.74) is 8.11. The number of anilines is 1. The van der Waals surface area contributed by atoms with Crippen LogP contribution in [-0.4, -0.2) is 9.97 Å². The van der Waals surface area contributed by atoms with E-state index in [0.717, 1.165) is 11.3 Å². The first-order chi connectivity index (χ1) is 8.08. The SMILES string of the molecule is CC(C)c1ccnc(-c2ccc(N)cc2Cl)n1. The van der Waals surface area contributed by atoms with Crippen molar-refractivity contribution < 1.29 is 0 Å². The third kappa shape index (κ3) is 2.56. The van der Waals surface area contributed by atoms with E-state index in [4.69, 9.17) is 17.3 Å².